The molecule has 3 rings (SSSR count). The molecule has 21 heteroatoms. The maximum atomic E-state index is 13.4. The third kappa shape index (κ3) is 13.9. The van der Waals surface area contributed by atoms with Gasteiger partial charge in [0.15, 0.2) is 0 Å². The molecule has 0 unspecified atom stereocenters. The van der Waals surface area contributed by atoms with Crippen molar-refractivity contribution in [2.45, 2.75) is 16.8 Å². The maximum Gasteiger partial charge on any atom is 0.317 e. The average molecular weight is 714 g/mol. The van der Waals surface area contributed by atoms with Crippen molar-refractivity contribution in [2.24, 2.45) is 5.14 Å². The summed E-state index contributed by atoms with van der Waals surface area (Å²) >= 11 is 0.549. The maximum absolute atomic E-state index is 13.4. The molecule has 1 aromatic heterocycles. The summed E-state index contributed by atoms with van der Waals surface area (Å²) in [7, 11) is -4.15. The molecule has 0 saturated carbocycles. The highest BCUT2D eigenvalue weighted by Crippen LogP contribution is 2.19. The van der Waals surface area contributed by atoms with Gasteiger partial charge in [-0.1, -0.05) is 41.7 Å². The fourth-order valence-electron chi connectivity index (χ4n) is 4.85. The van der Waals surface area contributed by atoms with Crippen LogP contribution < -0.4 is 15.8 Å². The van der Waals surface area contributed by atoms with Crippen molar-refractivity contribution in [3.05, 3.63) is 35.9 Å². The molecule has 0 radical (unpaired) electrons. The van der Waals surface area contributed by atoms with Gasteiger partial charge in [-0.2, -0.15) is 0 Å². The number of aliphatic carboxylic acids is 3. The normalized spacial score (nSPS) is 17.0. The van der Waals surface area contributed by atoms with Crippen LogP contribution in [-0.4, -0.2) is 168 Å². The number of nitrogens with two attached hydrogens (primary N) is 1. The minimum absolute atomic E-state index is 0.0743. The molecule has 1 atom stereocenters. The van der Waals surface area contributed by atoms with Crippen molar-refractivity contribution in [1.29, 1.82) is 0 Å². The van der Waals surface area contributed by atoms with E-state index in [9.17, 15) is 47.7 Å². The minimum atomic E-state index is -4.15. The lowest BCUT2D eigenvalue weighted by atomic mass is 10.1. The second kappa shape index (κ2) is 18.4. The van der Waals surface area contributed by atoms with Gasteiger partial charge < -0.3 is 20.6 Å². The standard InChI is InChI=1S/C27H39N9O10S2/c28-48(45,46)27-32-31-26(47-27)30-25(44)20(14-19-4-2-1-3-5-19)29-21(37)15-33-6-8-34(16-22(38)39)10-12-36(18-24(42)43)13-11-35(9-7-33)17-23(40)41/h1-5,20H,6-18H2,(H,29,37)(H,38,39)(H,40,41)(H,42,43)(H2,28,45,46)(H,30,31,44)/t20-/m0/s1. The second-order valence-corrected chi connectivity index (χ2v) is 13.7. The summed E-state index contributed by atoms with van der Waals surface area (Å²) < 4.78 is 22.7. The van der Waals surface area contributed by atoms with Gasteiger partial charge in [-0.3, -0.25) is 48.9 Å². The number of nitrogens with zero attached hydrogens (tertiary/aromatic N) is 6. The van der Waals surface area contributed by atoms with Crippen LogP contribution in [0.4, 0.5) is 5.13 Å². The summed E-state index contributed by atoms with van der Waals surface area (Å²) in [6.07, 6.45) is 0.0743. The van der Waals surface area contributed by atoms with E-state index in [0.717, 1.165) is 5.56 Å². The summed E-state index contributed by atoms with van der Waals surface area (Å²) in [5, 5.41) is 45.4. The Labute approximate surface area is 280 Å². The number of nitrogens with one attached hydrogen (secondary N) is 2. The van der Waals surface area contributed by atoms with Gasteiger partial charge in [0.1, 0.15) is 6.04 Å². The number of benzene rings is 1. The van der Waals surface area contributed by atoms with Gasteiger partial charge in [-0.05, 0) is 5.56 Å². The first-order valence-corrected chi connectivity index (χ1v) is 17.1. The van der Waals surface area contributed by atoms with E-state index >= 15 is 0 Å². The van der Waals surface area contributed by atoms with Gasteiger partial charge in [0, 0.05) is 58.8 Å². The Morgan fingerprint density at radius 3 is 1.58 bits per heavy atom. The number of sulfonamides is 1. The van der Waals surface area contributed by atoms with E-state index in [-0.39, 0.29) is 90.1 Å². The number of carbonyl (C=O) groups is 5. The van der Waals surface area contributed by atoms with E-state index in [2.05, 4.69) is 20.8 Å². The predicted molar refractivity (Wildman–Crippen MR) is 171 cm³/mol. The molecule has 0 spiro atoms. The van der Waals surface area contributed by atoms with Crippen LogP contribution in [0, 0.1) is 0 Å². The highest BCUT2D eigenvalue weighted by atomic mass is 32.2. The summed E-state index contributed by atoms with van der Waals surface area (Å²) in [6.45, 7) is 0.566. The number of carboxylic acids is 3. The number of hydrogen-bond donors (Lipinski definition) is 6. The molecule has 2 aromatic rings. The van der Waals surface area contributed by atoms with E-state index in [1.54, 1.807) is 49.9 Å². The van der Waals surface area contributed by atoms with Crippen molar-refractivity contribution < 1.29 is 47.7 Å². The van der Waals surface area contributed by atoms with E-state index in [4.69, 9.17) is 5.14 Å². The lowest BCUT2D eigenvalue weighted by Crippen LogP contribution is -2.52. The zero-order valence-electron chi connectivity index (χ0n) is 25.9. The Bertz CT molecular complexity index is 1490. The lowest BCUT2D eigenvalue weighted by Gasteiger charge is -2.33. The zero-order valence-corrected chi connectivity index (χ0v) is 27.6. The molecule has 264 valence electrons. The molecule has 1 aliphatic rings. The fourth-order valence-corrected chi connectivity index (χ4v) is 6.19. The van der Waals surface area contributed by atoms with Crippen molar-refractivity contribution >= 4 is 56.2 Å². The molecule has 1 saturated heterocycles. The lowest BCUT2D eigenvalue weighted by molar-refractivity contribution is -0.140. The Morgan fingerprint density at radius 1 is 0.750 bits per heavy atom. The van der Waals surface area contributed by atoms with Crippen molar-refractivity contribution in [3.8, 4) is 0 Å². The van der Waals surface area contributed by atoms with E-state index in [0.29, 0.717) is 11.3 Å². The summed E-state index contributed by atoms with van der Waals surface area (Å²) in [6, 6.07) is 7.71. The van der Waals surface area contributed by atoms with Crippen LogP contribution in [0.2, 0.25) is 0 Å². The number of hydrogen-bond acceptors (Lipinski definition) is 14. The van der Waals surface area contributed by atoms with Crippen LogP contribution in [0.1, 0.15) is 5.56 Å². The molecule has 2 heterocycles. The van der Waals surface area contributed by atoms with Gasteiger partial charge in [-0.15, -0.1) is 10.2 Å². The third-order valence-corrected chi connectivity index (χ3v) is 9.34. The number of aromatic nitrogens is 2. The molecule has 1 fully saturated rings. The van der Waals surface area contributed by atoms with Crippen LogP contribution in [0.15, 0.2) is 34.7 Å². The van der Waals surface area contributed by atoms with Crippen LogP contribution in [0.25, 0.3) is 0 Å². The van der Waals surface area contributed by atoms with Gasteiger partial charge in [0.2, 0.25) is 21.3 Å². The van der Waals surface area contributed by atoms with Gasteiger partial charge in [0.25, 0.3) is 10.0 Å². The molecular weight excluding hydrogens is 674 g/mol. The number of primary sulfonamides is 1. The number of amides is 2. The quantitative estimate of drug-likeness (QED) is 0.109. The first-order valence-electron chi connectivity index (χ1n) is 14.7. The van der Waals surface area contributed by atoms with E-state index < -0.39 is 50.1 Å². The van der Waals surface area contributed by atoms with E-state index in [1.165, 1.54) is 0 Å². The highest BCUT2D eigenvalue weighted by Gasteiger charge is 2.26. The molecule has 7 N–H and O–H groups in total. The molecule has 1 aliphatic heterocycles. The molecule has 48 heavy (non-hydrogen) atoms. The summed E-state index contributed by atoms with van der Waals surface area (Å²) in [4.78, 5) is 67.8. The zero-order chi connectivity index (χ0) is 35.3. The van der Waals surface area contributed by atoms with Crippen molar-refractivity contribution in [1.82, 2.24) is 35.1 Å². The SMILES string of the molecule is NS(=O)(=O)c1nnc(NC(=O)[C@H](Cc2ccccc2)NC(=O)CN2CCN(CC(=O)O)CCN(CC(=O)O)CCN(CC(=O)O)CC2)s1. The Kier molecular flexibility index (Phi) is 14.7. The monoisotopic (exact) mass is 713 g/mol. The Hall–Kier alpha value is -4.12. The Morgan fingerprint density at radius 2 is 1.19 bits per heavy atom. The number of anilines is 1. The van der Waals surface area contributed by atoms with Gasteiger partial charge >= 0.3 is 17.9 Å². The molecule has 19 nitrogen and oxygen atoms in total. The molecular formula is C27H39N9O10S2. The van der Waals surface area contributed by atoms with Crippen LogP contribution in [-0.2, 0) is 40.4 Å². The first kappa shape index (κ1) is 38.3. The van der Waals surface area contributed by atoms with Crippen LogP contribution >= 0.6 is 11.3 Å². The van der Waals surface area contributed by atoms with Crippen molar-refractivity contribution in [2.75, 3.05) is 83.9 Å². The van der Waals surface area contributed by atoms with Crippen molar-refractivity contribution in [3.63, 3.8) is 0 Å². The topological polar surface area (TPSA) is 269 Å². The van der Waals surface area contributed by atoms with Crippen LogP contribution in [0.3, 0.4) is 0 Å². The first-order chi connectivity index (χ1) is 22.7. The predicted octanol–water partition coefficient (Wildman–Crippen LogP) is -2.67. The number of carbonyl (C=O) groups excluding carboxylic acids is 2. The molecule has 0 bridgehead atoms. The molecule has 2 amide bonds. The Balaban J connectivity index is 1.77. The smallest absolute Gasteiger partial charge is 0.317 e. The van der Waals surface area contributed by atoms with Crippen LogP contribution in [0.5, 0.6) is 0 Å². The highest BCUT2D eigenvalue weighted by molar-refractivity contribution is 7.91. The fraction of sp³-hybridized carbons (Fsp3) is 0.519. The number of carboxylic acid groups (broad SMARTS) is 3. The number of rotatable bonds is 14. The van der Waals surface area contributed by atoms with E-state index in [1.807, 2.05) is 0 Å². The average Bonchev–Trinajstić information content (AvgIpc) is 3.47. The summed E-state index contributed by atoms with van der Waals surface area (Å²) in [5.41, 5.74) is 0.720. The molecule has 0 aliphatic carbocycles. The minimum Gasteiger partial charge on any atom is -0.480 e. The second-order valence-electron chi connectivity index (χ2n) is 11.0. The van der Waals surface area contributed by atoms with Gasteiger partial charge in [0.05, 0.1) is 26.2 Å². The van der Waals surface area contributed by atoms with Gasteiger partial charge in [-0.25, -0.2) is 13.6 Å². The largest absolute Gasteiger partial charge is 0.480 e. The summed E-state index contributed by atoms with van der Waals surface area (Å²) in [5.74, 6) is -4.47. The molecule has 1 aromatic carbocycles. The third-order valence-electron chi connectivity index (χ3n) is 7.19.